The highest BCUT2D eigenvalue weighted by Crippen LogP contribution is 2.05. The number of carbonyl (C=O) groups is 3. The number of hydrogen-bond donors (Lipinski definition) is 3. The summed E-state index contributed by atoms with van der Waals surface area (Å²) < 4.78 is 0. The first-order valence-corrected chi connectivity index (χ1v) is 8.88. The highest BCUT2D eigenvalue weighted by molar-refractivity contribution is 5.92. The normalized spacial score (nSPS) is 9.30. The number of nitrogens with one attached hydrogen (secondary N) is 2. The molecule has 0 bridgehead atoms. The minimum absolute atomic E-state index is 0. The molecule has 2 aromatic rings. The fraction of sp³-hybridized carbons (Fsp3) is 0.238. The summed E-state index contributed by atoms with van der Waals surface area (Å²) in [6.45, 7) is 4.11. The van der Waals surface area contributed by atoms with Gasteiger partial charge in [0.1, 0.15) is 0 Å². The van der Waals surface area contributed by atoms with E-state index >= 15 is 0 Å². The van der Waals surface area contributed by atoms with Gasteiger partial charge >= 0.3 is 17.9 Å². The first-order valence-electron chi connectivity index (χ1n) is 8.88. The SMILES string of the molecule is CC(C)C(=N)NCCC(=O)O.O.O=C(OOC(=O)c1ccccc1)c1ccccc1. The van der Waals surface area contributed by atoms with Crippen molar-refractivity contribution in [3.05, 3.63) is 71.8 Å². The van der Waals surface area contributed by atoms with Crippen LogP contribution in [0, 0.1) is 11.3 Å². The summed E-state index contributed by atoms with van der Waals surface area (Å²) in [6.07, 6.45) is 0.0646. The molecule has 2 rings (SSSR count). The van der Waals surface area contributed by atoms with E-state index in [1.807, 2.05) is 13.8 Å². The van der Waals surface area contributed by atoms with Crippen molar-refractivity contribution in [3.8, 4) is 0 Å². The molecule has 2 aromatic carbocycles. The van der Waals surface area contributed by atoms with Gasteiger partial charge < -0.3 is 15.9 Å². The van der Waals surface area contributed by atoms with E-state index in [0.29, 0.717) is 23.5 Å². The Hall–Kier alpha value is -3.72. The highest BCUT2D eigenvalue weighted by atomic mass is 17.2. The molecule has 0 fully saturated rings. The van der Waals surface area contributed by atoms with Crippen LogP contribution in [0.25, 0.3) is 0 Å². The minimum Gasteiger partial charge on any atom is -0.481 e. The highest BCUT2D eigenvalue weighted by Gasteiger charge is 2.13. The molecule has 0 aliphatic rings. The van der Waals surface area contributed by atoms with Gasteiger partial charge in [-0.1, -0.05) is 50.2 Å². The third kappa shape index (κ3) is 10.6. The third-order valence-electron chi connectivity index (χ3n) is 3.44. The summed E-state index contributed by atoms with van der Waals surface area (Å²) in [4.78, 5) is 41.9. The van der Waals surface area contributed by atoms with Gasteiger partial charge in [0.05, 0.1) is 23.4 Å². The van der Waals surface area contributed by atoms with E-state index in [0.717, 1.165) is 0 Å². The number of carboxylic acid groups (broad SMARTS) is 1. The lowest BCUT2D eigenvalue weighted by molar-refractivity contribution is -0.187. The van der Waals surface area contributed by atoms with Crippen molar-refractivity contribution in [3.63, 3.8) is 0 Å². The average Bonchev–Trinajstić information content (AvgIpc) is 2.73. The molecule has 30 heavy (non-hydrogen) atoms. The Morgan fingerprint density at radius 2 is 1.30 bits per heavy atom. The molecule has 9 heteroatoms. The predicted octanol–water partition coefficient (Wildman–Crippen LogP) is 2.47. The molecule has 0 aromatic heterocycles. The summed E-state index contributed by atoms with van der Waals surface area (Å²) in [7, 11) is 0. The molecule has 5 N–H and O–H groups in total. The summed E-state index contributed by atoms with van der Waals surface area (Å²) in [6, 6.07) is 16.6. The zero-order valence-corrected chi connectivity index (χ0v) is 16.8. The predicted molar refractivity (Wildman–Crippen MR) is 110 cm³/mol. The zero-order chi connectivity index (χ0) is 21.6. The molecular weight excluding hydrogens is 392 g/mol. The zero-order valence-electron chi connectivity index (χ0n) is 16.8. The van der Waals surface area contributed by atoms with Crippen LogP contribution in [0.5, 0.6) is 0 Å². The van der Waals surface area contributed by atoms with Gasteiger partial charge in [-0.2, -0.15) is 0 Å². The van der Waals surface area contributed by atoms with Crippen molar-refractivity contribution in [1.29, 1.82) is 5.41 Å². The van der Waals surface area contributed by atoms with Crippen LogP contribution in [0.15, 0.2) is 60.7 Å². The van der Waals surface area contributed by atoms with E-state index in [1.54, 1.807) is 60.7 Å². The Morgan fingerprint density at radius 1 is 0.900 bits per heavy atom. The van der Waals surface area contributed by atoms with E-state index in [4.69, 9.17) is 10.5 Å². The van der Waals surface area contributed by atoms with E-state index in [1.165, 1.54) is 0 Å². The molecule has 0 radical (unpaired) electrons. The van der Waals surface area contributed by atoms with Gasteiger partial charge in [-0.25, -0.2) is 19.4 Å². The quantitative estimate of drug-likeness (QED) is 0.281. The molecule has 0 saturated carbocycles. The first-order chi connectivity index (χ1) is 13.8. The van der Waals surface area contributed by atoms with Gasteiger partial charge in [-0.15, -0.1) is 0 Å². The van der Waals surface area contributed by atoms with Crippen molar-refractivity contribution >= 4 is 23.7 Å². The molecule has 0 saturated heterocycles. The van der Waals surface area contributed by atoms with Crippen LogP contribution in [0.4, 0.5) is 0 Å². The number of hydrogen-bond acceptors (Lipinski definition) is 6. The number of carboxylic acids is 1. The molecule has 0 heterocycles. The van der Waals surface area contributed by atoms with Gasteiger partial charge in [-0.05, 0) is 24.3 Å². The van der Waals surface area contributed by atoms with E-state index in [-0.39, 0.29) is 17.8 Å². The van der Waals surface area contributed by atoms with Crippen LogP contribution < -0.4 is 5.32 Å². The maximum Gasteiger partial charge on any atom is 0.386 e. The van der Waals surface area contributed by atoms with Crippen molar-refractivity contribution < 1.29 is 34.7 Å². The van der Waals surface area contributed by atoms with Gasteiger partial charge in [-0.3, -0.25) is 10.2 Å². The van der Waals surface area contributed by atoms with E-state index < -0.39 is 17.9 Å². The average molecular weight is 418 g/mol. The maximum absolute atomic E-state index is 11.5. The molecule has 0 aliphatic heterocycles. The van der Waals surface area contributed by atoms with Gasteiger partial charge in [0.25, 0.3) is 0 Å². The van der Waals surface area contributed by atoms with Crippen LogP contribution in [0.2, 0.25) is 0 Å². The van der Waals surface area contributed by atoms with Gasteiger partial charge in [0.2, 0.25) is 0 Å². The number of benzene rings is 2. The first kappa shape index (κ1) is 26.3. The van der Waals surface area contributed by atoms with Gasteiger partial charge in [0, 0.05) is 12.5 Å². The second-order valence-electron chi connectivity index (χ2n) is 6.11. The molecule has 0 atom stereocenters. The second-order valence-corrected chi connectivity index (χ2v) is 6.11. The number of aliphatic carboxylic acids is 1. The van der Waals surface area contributed by atoms with Crippen LogP contribution in [0.3, 0.4) is 0 Å². The summed E-state index contributed by atoms with van der Waals surface area (Å²) in [5, 5.41) is 18.3. The molecule has 162 valence electrons. The molecule has 0 unspecified atom stereocenters. The monoisotopic (exact) mass is 418 g/mol. The second kappa shape index (κ2) is 14.3. The molecular formula is C21H26N2O7. The summed E-state index contributed by atoms with van der Waals surface area (Å²) >= 11 is 0. The van der Waals surface area contributed by atoms with Crippen molar-refractivity contribution in [2.24, 2.45) is 5.92 Å². The van der Waals surface area contributed by atoms with Crippen molar-refractivity contribution in [2.45, 2.75) is 20.3 Å². The summed E-state index contributed by atoms with van der Waals surface area (Å²) in [5.41, 5.74) is 0.636. The van der Waals surface area contributed by atoms with Gasteiger partial charge in [0.15, 0.2) is 0 Å². The largest absolute Gasteiger partial charge is 0.481 e. The molecule has 9 nitrogen and oxygen atoms in total. The number of amidine groups is 1. The topological polar surface area (TPSA) is 157 Å². The molecule has 0 spiro atoms. The Balaban J connectivity index is 0.000000612. The fourth-order valence-corrected chi connectivity index (χ4v) is 1.83. The maximum atomic E-state index is 11.5. The van der Waals surface area contributed by atoms with E-state index in [2.05, 4.69) is 15.1 Å². The van der Waals surface area contributed by atoms with Crippen molar-refractivity contribution in [2.75, 3.05) is 6.54 Å². The summed E-state index contributed by atoms with van der Waals surface area (Å²) in [5.74, 6) is -1.72. The third-order valence-corrected chi connectivity index (χ3v) is 3.44. The lowest BCUT2D eigenvalue weighted by Crippen LogP contribution is -2.29. The fourth-order valence-electron chi connectivity index (χ4n) is 1.83. The van der Waals surface area contributed by atoms with E-state index in [9.17, 15) is 14.4 Å². The smallest absolute Gasteiger partial charge is 0.386 e. The Labute approximate surface area is 174 Å². The Bertz CT molecular complexity index is 757. The molecule has 0 amide bonds. The number of rotatable bonds is 6. The Morgan fingerprint density at radius 3 is 1.63 bits per heavy atom. The Kier molecular flexibility index (Phi) is 12.5. The van der Waals surface area contributed by atoms with Crippen LogP contribution in [0.1, 0.15) is 41.0 Å². The standard InChI is InChI=1S/C14H10O4.C7H14N2O2.H2O/c15-13(11-7-3-1-4-8-11)17-18-14(16)12-9-5-2-6-10-12;1-5(2)7(8)9-4-3-6(10)11;/h1-10H;5H,3-4H2,1-2H3,(H2,8,9)(H,10,11);1H2. The van der Waals surface area contributed by atoms with Crippen LogP contribution in [-0.2, 0) is 14.6 Å². The van der Waals surface area contributed by atoms with Crippen LogP contribution >= 0.6 is 0 Å². The molecule has 0 aliphatic carbocycles. The van der Waals surface area contributed by atoms with Crippen LogP contribution in [-0.4, -0.2) is 40.9 Å². The minimum atomic E-state index is -0.839. The lowest BCUT2D eigenvalue weighted by atomic mass is 10.2. The number of carbonyl (C=O) groups excluding carboxylic acids is 2. The lowest BCUT2D eigenvalue weighted by Gasteiger charge is -2.08. The van der Waals surface area contributed by atoms with Crippen molar-refractivity contribution in [1.82, 2.24) is 5.32 Å².